The Morgan fingerprint density at radius 1 is 0.881 bits per heavy atom. The lowest BCUT2D eigenvalue weighted by molar-refractivity contribution is -0.136. The van der Waals surface area contributed by atoms with Crippen molar-refractivity contribution in [3.05, 3.63) is 87.7 Å². The van der Waals surface area contributed by atoms with E-state index in [0.717, 1.165) is 107 Å². The van der Waals surface area contributed by atoms with Gasteiger partial charge in [0.2, 0.25) is 17.5 Å². The van der Waals surface area contributed by atoms with Gasteiger partial charge in [0.25, 0.3) is 11.8 Å². The number of amides is 4. The molecule has 6 aliphatic rings. The first kappa shape index (κ1) is 39.4. The quantitative estimate of drug-likeness (QED) is 0.242. The molecule has 0 saturated carbocycles. The largest absolute Gasteiger partial charge is 0.370 e. The fraction of sp³-hybridized carbons (Fsp3) is 0.500. The van der Waals surface area contributed by atoms with Crippen molar-refractivity contribution in [3.63, 3.8) is 0 Å². The summed E-state index contributed by atoms with van der Waals surface area (Å²) in [5.74, 6) is -3.03. The zero-order valence-electron chi connectivity index (χ0n) is 33.3. The number of halogens is 2. The molecule has 1 N–H and O–H groups in total. The van der Waals surface area contributed by atoms with E-state index in [1.54, 1.807) is 0 Å². The maximum Gasteiger partial charge on any atom is 0.262 e. The minimum absolute atomic E-state index is 0.0280. The van der Waals surface area contributed by atoms with E-state index in [1.165, 1.54) is 11.8 Å². The number of imide groups is 2. The molecule has 9 rings (SSSR count). The average molecular weight is 822 g/mol. The number of rotatable bonds is 7. The molecule has 5 saturated heterocycles. The number of likely N-dealkylation sites (tertiary alicyclic amines) is 1. The minimum atomic E-state index is -1.09. The number of benzene rings is 2. The Bertz CT molecular complexity index is 2210. The van der Waals surface area contributed by atoms with Gasteiger partial charge >= 0.3 is 0 Å². The monoisotopic (exact) mass is 821 g/mol. The Morgan fingerprint density at radius 2 is 1.59 bits per heavy atom. The predicted octanol–water partition coefficient (Wildman–Crippen LogP) is 5.50. The van der Waals surface area contributed by atoms with Gasteiger partial charge in [0.1, 0.15) is 11.9 Å². The third kappa shape index (κ3) is 7.53. The first-order chi connectivity index (χ1) is 28.5. The van der Waals surface area contributed by atoms with Crippen molar-refractivity contribution in [2.24, 2.45) is 5.41 Å². The Labute approximate surface area is 348 Å². The smallest absolute Gasteiger partial charge is 0.262 e. The summed E-state index contributed by atoms with van der Waals surface area (Å²) in [6.07, 6.45) is 7.63. The van der Waals surface area contributed by atoms with E-state index in [1.807, 2.05) is 29.3 Å². The molecule has 2 aromatic carbocycles. The third-order valence-corrected chi connectivity index (χ3v) is 14.1. The van der Waals surface area contributed by atoms with Gasteiger partial charge in [-0.3, -0.25) is 44.2 Å². The van der Waals surface area contributed by atoms with E-state index in [-0.39, 0.29) is 35.1 Å². The number of piperidine rings is 3. The van der Waals surface area contributed by atoms with Gasteiger partial charge in [-0.15, -0.1) is 0 Å². The summed E-state index contributed by atoms with van der Waals surface area (Å²) in [5.41, 5.74) is 4.47. The van der Waals surface area contributed by atoms with Gasteiger partial charge in [-0.25, -0.2) is 9.24 Å². The van der Waals surface area contributed by atoms with E-state index < -0.39 is 35.5 Å². The van der Waals surface area contributed by atoms with Crippen molar-refractivity contribution in [2.45, 2.75) is 76.5 Å². The van der Waals surface area contributed by atoms with Crippen LogP contribution in [0.15, 0.2) is 48.7 Å². The van der Waals surface area contributed by atoms with E-state index in [9.17, 15) is 19.2 Å². The lowest BCUT2D eigenvalue weighted by atomic mass is 9.76. The van der Waals surface area contributed by atoms with Crippen molar-refractivity contribution in [3.8, 4) is 0 Å². The lowest BCUT2D eigenvalue weighted by Gasteiger charge is -2.43. The molecule has 5 fully saturated rings. The Morgan fingerprint density at radius 3 is 2.25 bits per heavy atom. The molecule has 3 aromatic rings. The van der Waals surface area contributed by atoms with Crippen LogP contribution < -0.4 is 20.0 Å². The second kappa shape index (κ2) is 15.8. The summed E-state index contributed by atoms with van der Waals surface area (Å²) >= 11 is 6.39. The highest BCUT2D eigenvalue weighted by Crippen LogP contribution is 2.46. The van der Waals surface area contributed by atoms with Gasteiger partial charge in [-0.2, -0.15) is 0 Å². The normalized spacial score (nSPS) is 24.2. The predicted molar refractivity (Wildman–Crippen MR) is 222 cm³/mol. The second-order valence-electron chi connectivity index (χ2n) is 17.3. The van der Waals surface area contributed by atoms with Crippen LogP contribution in [0.4, 0.5) is 27.1 Å². The number of anilines is 3. The van der Waals surface area contributed by atoms with Crippen LogP contribution in [0, 0.1) is 17.8 Å². The molecule has 2 atom stereocenters. The van der Waals surface area contributed by atoms with Crippen molar-refractivity contribution in [1.82, 2.24) is 25.0 Å². The maximum atomic E-state index is 15.5. The fourth-order valence-electron chi connectivity index (χ4n) is 10.4. The van der Waals surface area contributed by atoms with Gasteiger partial charge in [-0.05, 0) is 87.3 Å². The molecule has 15 heteroatoms. The summed E-state index contributed by atoms with van der Waals surface area (Å²) in [7, 11) is 0. The fourth-order valence-corrected chi connectivity index (χ4v) is 10.7. The molecule has 1 spiro atoms. The number of piperazine rings is 1. The van der Waals surface area contributed by atoms with Gasteiger partial charge in [0, 0.05) is 94.7 Å². The van der Waals surface area contributed by atoms with E-state index in [2.05, 4.69) is 48.8 Å². The first-order valence-corrected chi connectivity index (χ1v) is 21.3. The minimum Gasteiger partial charge on any atom is -0.370 e. The Hall–Kier alpha value is -5.10. The summed E-state index contributed by atoms with van der Waals surface area (Å²) < 4.78 is 15.5. The van der Waals surface area contributed by atoms with Crippen molar-refractivity contribution >= 4 is 58.0 Å². The molecule has 1 aromatic heterocycles. The van der Waals surface area contributed by atoms with E-state index >= 15 is 4.39 Å². The summed E-state index contributed by atoms with van der Waals surface area (Å²) in [4.78, 5) is 71.7. The van der Waals surface area contributed by atoms with Crippen LogP contribution in [0.1, 0.15) is 78.3 Å². The van der Waals surface area contributed by atoms with Crippen LogP contribution in [0.2, 0.25) is 5.02 Å². The summed E-state index contributed by atoms with van der Waals surface area (Å²) in [6, 6.07) is 12.6. The Kier molecular flexibility index (Phi) is 10.6. The molecule has 6 aliphatic heterocycles. The van der Waals surface area contributed by atoms with Crippen LogP contribution in [0.5, 0.6) is 0 Å². The highest BCUT2D eigenvalue weighted by Gasteiger charge is 2.46. The molecule has 0 aliphatic carbocycles. The standard InChI is InChI=1S/C44H49ClFN9O4/c1-28-24-44(27-54(28)31-5-6-37(47-2)35(45)21-31)11-15-51(16-12-44)32-4-3-29(48-25-32)26-50-13-9-30(10-14-50)52-17-19-53(20-18-52)39-23-34-33(22-36(39)46)42(58)55(43(34)59)38-7-8-40(56)49-41(38)57/h3-6,21-23,25,28,30,38H,7-20,24,26-27H2,1H3,(H,49,56,57)/t28-,38?/m0/s1. The van der Waals surface area contributed by atoms with Crippen molar-refractivity contribution in [1.29, 1.82) is 0 Å². The number of pyridine rings is 1. The average Bonchev–Trinajstić information content (AvgIpc) is 3.68. The molecule has 7 heterocycles. The first-order valence-electron chi connectivity index (χ1n) is 20.9. The number of carbonyl (C=O) groups excluding carboxylic acids is 4. The highest BCUT2D eigenvalue weighted by molar-refractivity contribution is 6.33. The zero-order chi connectivity index (χ0) is 41.0. The number of nitrogens with zero attached hydrogens (tertiary/aromatic N) is 8. The lowest BCUT2D eigenvalue weighted by Crippen LogP contribution is -2.54. The van der Waals surface area contributed by atoms with Gasteiger partial charge < -0.3 is 14.7 Å². The molecule has 0 bridgehead atoms. The summed E-state index contributed by atoms with van der Waals surface area (Å²) in [5, 5.41) is 2.71. The number of hydrogen-bond donors (Lipinski definition) is 1. The van der Waals surface area contributed by atoms with Crippen LogP contribution in [-0.4, -0.2) is 120 Å². The van der Waals surface area contributed by atoms with Crippen LogP contribution in [0.25, 0.3) is 4.85 Å². The molecular weight excluding hydrogens is 773 g/mol. The topological polar surface area (TPSA) is 117 Å². The molecule has 13 nitrogen and oxygen atoms in total. The zero-order valence-corrected chi connectivity index (χ0v) is 34.1. The molecule has 308 valence electrons. The Balaban J connectivity index is 0.730. The SMILES string of the molecule is [C-]#[N+]c1ccc(N2CC3(CCN(c4ccc(CN5CCC(N6CCN(c7cc8c(cc7F)C(=O)N(C7CCC(=O)NC7=O)C8=O)CC6)CC5)nc4)CC3)C[C@@H]2C)cc1Cl. The number of aromatic nitrogens is 1. The molecule has 1 unspecified atom stereocenters. The van der Waals surface area contributed by atoms with Crippen molar-refractivity contribution in [2.75, 3.05) is 73.6 Å². The van der Waals surface area contributed by atoms with Crippen LogP contribution in [0.3, 0.4) is 0 Å². The van der Waals surface area contributed by atoms with Crippen LogP contribution >= 0.6 is 11.6 Å². The summed E-state index contributed by atoms with van der Waals surface area (Å²) in [6.45, 7) is 18.1. The molecule has 59 heavy (non-hydrogen) atoms. The maximum absolute atomic E-state index is 15.5. The second-order valence-corrected chi connectivity index (χ2v) is 17.7. The number of fused-ring (bicyclic) bond motifs is 1. The molecular formula is C44H49ClFN9O4. The number of hydrogen-bond acceptors (Lipinski definition) is 10. The number of carbonyl (C=O) groups is 4. The third-order valence-electron chi connectivity index (χ3n) is 13.8. The molecule has 4 amide bonds. The van der Waals surface area contributed by atoms with Gasteiger partial charge in [0.05, 0.1) is 41.0 Å². The highest BCUT2D eigenvalue weighted by atomic mass is 35.5. The number of nitrogens with one attached hydrogen (secondary N) is 1. The van der Waals surface area contributed by atoms with Crippen molar-refractivity contribution < 1.29 is 23.6 Å². The van der Waals surface area contributed by atoms with Gasteiger partial charge in [-0.1, -0.05) is 17.7 Å². The van der Waals surface area contributed by atoms with E-state index in [0.29, 0.717) is 35.9 Å². The van der Waals surface area contributed by atoms with Crippen LogP contribution in [-0.2, 0) is 16.1 Å². The van der Waals surface area contributed by atoms with E-state index in [4.69, 9.17) is 23.2 Å². The molecule has 0 radical (unpaired) electrons. The van der Waals surface area contributed by atoms with Gasteiger partial charge in [0.15, 0.2) is 0 Å².